The van der Waals surface area contributed by atoms with Crippen LogP contribution in [0.1, 0.15) is 43.7 Å². The maximum atomic E-state index is 9.11. The van der Waals surface area contributed by atoms with E-state index in [1.807, 2.05) is 6.33 Å². The van der Waals surface area contributed by atoms with Gasteiger partial charge in [-0.1, -0.05) is 43.2 Å². The zero-order valence-corrected chi connectivity index (χ0v) is 18.8. The molecule has 0 atom stereocenters. The molecule has 32 heavy (non-hydrogen) atoms. The molecule has 0 bridgehead atoms. The van der Waals surface area contributed by atoms with Gasteiger partial charge in [0.2, 0.25) is 5.95 Å². The fourth-order valence-corrected chi connectivity index (χ4v) is 5.00. The molecule has 8 heteroatoms. The van der Waals surface area contributed by atoms with Crippen molar-refractivity contribution in [1.82, 2.24) is 19.5 Å². The topological polar surface area (TPSA) is 87.9 Å². The Kier molecular flexibility index (Phi) is 6.31. The second-order valence-corrected chi connectivity index (χ2v) is 9.14. The highest BCUT2D eigenvalue weighted by molar-refractivity contribution is 7.13. The molecule has 0 radical (unpaired) electrons. The summed E-state index contributed by atoms with van der Waals surface area (Å²) in [6.45, 7) is 1.42. The molecular formula is C24H28N6OS. The molecule has 3 heterocycles. The van der Waals surface area contributed by atoms with Crippen LogP contribution in [0, 0.1) is 0 Å². The largest absolute Gasteiger partial charge is 0.396 e. The molecule has 5 rings (SSSR count). The number of fused-ring (bicyclic) bond motifs is 1. The van der Waals surface area contributed by atoms with Crippen LogP contribution >= 0.6 is 11.3 Å². The van der Waals surface area contributed by atoms with Gasteiger partial charge < -0.3 is 20.3 Å². The molecule has 1 fully saturated rings. The van der Waals surface area contributed by atoms with E-state index in [1.54, 1.807) is 11.3 Å². The van der Waals surface area contributed by atoms with Crippen LogP contribution in [0.5, 0.6) is 0 Å². The van der Waals surface area contributed by atoms with Gasteiger partial charge in [-0.2, -0.15) is 9.97 Å². The summed E-state index contributed by atoms with van der Waals surface area (Å²) < 4.78 is 2.21. The third-order valence-corrected chi connectivity index (χ3v) is 6.90. The van der Waals surface area contributed by atoms with E-state index in [4.69, 9.17) is 15.1 Å². The molecule has 1 aromatic carbocycles. The Bertz CT molecular complexity index is 1150. The van der Waals surface area contributed by atoms with Crippen LogP contribution in [-0.2, 0) is 6.54 Å². The van der Waals surface area contributed by atoms with Crippen molar-refractivity contribution in [1.29, 1.82) is 0 Å². The first kappa shape index (κ1) is 20.9. The minimum Gasteiger partial charge on any atom is -0.396 e. The predicted molar refractivity (Wildman–Crippen MR) is 130 cm³/mol. The molecule has 1 saturated carbocycles. The van der Waals surface area contributed by atoms with Crippen molar-refractivity contribution >= 4 is 34.3 Å². The van der Waals surface area contributed by atoms with Crippen molar-refractivity contribution < 1.29 is 5.11 Å². The molecule has 1 aliphatic carbocycles. The summed E-state index contributed by atoms with van der Waals surface area (Å²) in [6.07, 6.45) is 7.41. The van der Waals surface area contributed by atoms with Gasteiger partial charge in [-0.15, -0.1) is 11.3 Å². The summed E-state index contributed by atoms with van der Waals surface area (Å²) in [7, 11) is 0. The number of aromatic nitrogens is 4. The van der Waals surface area contributed by atoms with Gasteiger partial charge in [0.05, 0.1) is 6.33 Å². The van der Waals surface area contributed by atoms with Gasteiger partial charge in [0.15, 0.2) is 17.0 Å². The zero-order chi connectivity index (χ0) is 21.8. The predicted octanol–water partition coefficient (Wildman–Crippen LogP) is 5.08. The van der Waals surface area contributed by atoms with Gasteiger partial charge in [-0.3, -0.25) is 0 Å². The molecule has 0 saturated heterocycles. The molecule has 0 aliphatic heterocycles. The number of rotatable bonds is 9. The number of nitrogens with one attached hydrogen (secondary N) is 2. The fourth-order valence-electron chi connectivity index (χ4n) is 4.26. The molecular weight excluding hydrogens is 420 g/mol. The molecule has 7 nitrogen and oxygen atoms in total. The average molecular weight is 449 g/mol. The molecule has 166 valence electrons. The van der Waals surface area contributed by atoms with Crippen molar-refractivity contribution in [2.24, 2.45) is 0 Å². The minimum atomic E-state index is 0.141. The van der Waals surface area contributed by atoms with E-state index in [0.717, 1.165) is 17.0 Å². The second-order valence-electron chi connectivity index (χ2n) is 8.19. The summed E-state index contributed by atoms with van der Waals surface area (Å²) in [5, 5.41) is 17.9. The molecule has 0 amide bonds. The number of thiophene rings is 1. The molecule has 0 spiro atoms. The van der Waals surface area contributed by atoms with Crippen molar-refractivity contribution in [2.75, 3.05) is 23.8 Å². The number of aliphatic hydroxyl groups is 1. The summed E-state index contributed by atoms with van der Waals surface area (Å²) >= 11 is 1.75. The Labute approximate surface area is 191 Å². The average Bonchev–Trinajstić information content (AvgIpc) is 3.59. The van der Waals surface area contributed by atoms with Gasteiger partial charge in [0.25, 0.3) is 0 Å². The lowest BCUT2D eigenvalue weighted by atomic mass is 10.1. The number of aliphatic hydroxyl groups excluding tert-OH is 1. The van der Waals surface area contributed by atoms with Crippen LogP contribution in [-0.4, -0.2) is 37.8 Å². The first-order valence-electron chi connectivity index (χ1n) is 11.3. The minimum absolute atomic E-state index is 0.141. The van der Waals surface area contributed by atoms with Crippen molar-refractivity contribution in [2.45, 2.75) is 44.7 Å². The molecule has 0 unspecified atom stereocenters. The Hall–Kier alpha value is -2.97. The fraction of sp³-hybridized carbons (Fsp3) is 0.375. The van der Waals surface area contributed by atoms with Gasteiger partial charge in [-0.25, -0.2) is 4.98 Å². The summed E-state index contributed by atoms with van der Waals surface area (Å²) in [6, 6.07) is 13.3. The molecule has 4 aromatic rings. The smallest absolute Gasteiger partial charge is 0.226 e. The van der Waals surface area contributed by atoms with E-state index in [1.165, 1.54) is 41.7 Å². The number of benzene rings is 1. The number of imidazole rings is 1. The quantitative estimate of drug-likeness (QED) is 0.310. The maximum Gasteiger partial charge on any atom is 0.226 e. The number of hydrogen-bond donors (Lipinski definition) is 3. The standard InChI is InChI=1S/C24H28N6OS/c31-13-4-12-25-24-28-22(21-23(29-24)30(16-27-21)19-5-1-2-6-19)26-15-17-8-10-18(11-9-17)20-7-3-14-32-20/h3,7-11,14,16,19,31H,1-2,4-6,12-13,15H2,(H2,25,26,28,29). The SMILES string of the molecule is OCCCNc1nc(NCc2ccc(-c3cccs3)cc2)c2ncn(C3CCCC3)c2n1. The lowest BCUT2D eigenvalue weighted by Crippen LogP contribution is -2.11. The Morgan fingerprint density at radius 1 is 1.06 bits per heavy atom. The Balaban J connectivity index is 1.39. The van der Waals surface area contributed by atoms with E-state index in [-0.39, 0.29) is 6.61 Å². The molecule has 1 aliphatic rings. The first-order valence-corrected chi connectivity index (χ1v) is 12.2. The highest BCUT2D eigenvalue weighted by Crippen LogP contribution is 2.33. The highest BCUT2D eigenvalue weighted by atomic mass is 32.1. The normalized spacial score (nSPS) is 14.3. The van der Waals surface area contributed by atoms with Crippen LogP contribution < -0.4 is 10.6 Å². The van der Waals surface area contributed by atoms with Gasteiger partial charge in [0.1, 0.15) is 0 Å². The van der Waals surface area contributed by atoms with Crippen LogP contribution in [0.4, 0.5) is 11.8 Å². The third kappa shape index (κ3) is 4.47. The monoisotopic (exact) mass is 448 g/mol. The molecule has 3 aromatic heterocycles. The van der Waals surface area contributed by atoms with Crippen LogP contribution in [0.25, 0.3) is 21.6 Å². The van der Waals surface area contributed by atoms with Crippen LogP contribution in [0.3, 0.4) is 0 Å². The Morgan fingerprint density at radius 2 is 1.91 bits per heavy atom. The number of anilines is 2. The lowest BCUT2D eigenvalue weighted by molar-refractivity contribution is 0.292. The van der Waals surface area contributed by atoms with Crippen molar-refractivity contribution in [3.05, 3.63) is 53.7 Å². The van der Waals surface area contributed by atoms with E-state index < -0.39 is 0 Å². The van der Waals surface area contributed by atoms with Crippen molar-refractivity contribution in [3.8, 4) is 10.4 Å². The van der Waals surface area contributed by atoms with Gasteiger partial charge in [-0.05, 0) is 41.8 Å². The van der Waals surface area contributed by atoms with Gasteiger partial charge >= 0.3 is 0 Å². The summed E-state index contributed by atoms with van der Waals surface area (Å²) in [5.74, 6) is 1.31. The highest BCUT2D eigenvalue weighted by Gasteiger charge is 2.21. The van der Waals surface area contributed by atoms with Crippen LogP contribution in [0.15, 0.2) is 48.1 Å². The van der Waals surface area contributed by atoms with E-state index >= 15 is 0 Å². The molecule has 3 N–H and O–H groups in total. The maximum absolute atomic E-state index is 9.11. The van der Waals surface area contributed by atoms with Crippen molar-refractivity contribution in [3.63, 3.8) is 0 Å². The summed E-state index contributed by atoms with van der Waals surface area (Å²) in [5.41, 5.74) is 4.09. The van der Waals surface area contributed by atoms with E-state index in [2.05, 4.69) is 62.0 Å². The summed E-state index contributed by atoms with van der Waals surface area (Å²) in [4.78, 5) is 15.4. The zero-order valence-electron chi connectivity index (χ0n) is 18.0. The van der Waals surface area contributed by atoms with Crippen LogP contribution in [0.2, 0.25) is 0 Å². The van der Waals surface area contributed by atoms with E-state index in [9.17, 15) is 0 Å². The lowest BCUT2D eigenvalue weighted by Gasteiger charge is -2.14. The first-order chi connectivity index (χ1) is 15.8. The second kappa shape index (κ2) is 9.67. The number of nitrogens with zero attached hydrogens (tertiary/aromatic N) is 4. The van der Waals surface area contributed by atoms with Gasteiger partial charge in [0, 0.05) is 30.6 Å². The third-order valence-electron chi connectivity index (χ3n) is 5.98. The Morgan fingerprint density at radius 3 is 2.66 bits per heavy atom. The van der Waals surface area contributed by atoms with E-state index in [0.29, 0.717) is 31.5 Å². The number of hydrogen-bond acceptors (Lipinski definition) is 7.